The van der Waals surface area contributed by atoms with Gasteiger partial charge in [-0.1, -0.05) is 11.6 Å². The Morgan fingerprint density at radius 1 is 1.45 bits per heavy atom. The largest absolute Gasteiger partial charge is 0.478 e. The Labute approximate surface area is 124 Å². The fourth-order valence-corrected chi connectivity index (χ4v) is 2.78. The summed E-state index contributed by atoms with van der Waals surface area (Å²) < 4.78 is 0. The van der Waals surface area contributed by atoms with Gasteiger partial charge in [-0.25, -0.2) is 4.79 Å². The van der Waals surface area contributed by atoms with E-state index in [2.05, 4.69) is 17.3 Å². The number of nitrogens with one attached hydrogen (secondary N) is 1. The Balaban J connectivity index is 1.87. The predicted octanol–water partition coefficient (Wildman–Crippen LogP) is 3.18. The van der Waals surface area contributed by atoms with E-state index in [0.29, 0.717) is 10.7 Å². The van der Waals surface area contributed by atoms with Gasteiger partial charge in [-0.2, -0.15) is 0 Å². The molecule has 0 aromatic heterocycles. The number of aromatic carboxylic acids is 1. The van der Waals surface area contributed by atoms with Crippen molar-refractivity contribution in [3.63, 3.8) is 0 Å². The first-order valence-electron chi connectivity index (χ1n) is 7.01. The van der Waals surface area contributed by atoms with Gasteiger partial charge in [-0.05, 0) is 63.5 Å². The van der Waals surface area contributed by atoms with Crippen molar-refractivity contribution in [3.05, 3.63) is 28.8 Å². The van der Waals surface area contributed by atoms with E-state index in [9.17, 15) is 4.79 Å². The fourth-order valence-electron chi connectivity index (χ4n) is 2.61. The van der Waals surface area contributed by atoms with E-state index in [1.165, 1.54) is 12.8 Å². The van der Waals surface area contributed by atoms with E-state index in [0.717, 1.165) is 32.0 Å². The molecule has 2 rings (SSSR count). The van der Waals surface area contributed by atoms with Crippen molar-refractivity contribution in [1.82, 2.24) is 4.90 Å². The third kappa shape index (κ3) is 4.12. The maximum atomic E-state index is 11.1. The molecule has 5 heteroatoms. The van der Waals surface area contributed by atoms with E-state index in [1.54, 1.807) is 18.2 Å². The Morgan fingerprint density at radius 3 is 2.80 bits per heavy atom. The second-order valence-corrected chi connectivity index (χ2v) is 5.89. The molecule has 1 aliphatic rings. The number of halogens is 1. The molecule has 1 fully saturated rings. The minimum atomic E-state index is -0.927. The number of carboxylic acids is 1. The topological polar surface area (TPSA) is 52.6 Å². The lowest BCUT2D eigenvalue weighted by atomic mass is 9.94. The predicted molar refractivity (Wildman–Crippen MR) is 81.7 cm³/mol. The van der Waals surface area contributed by atoms with Crippen molar-refractivity contribution in [2.24, 2.45) is 5.92 Å². The molecular formula is C15H21ClN2O2. The molecule has 2 N–H and O–H groups in total. The molecule has 4 nitrogen and oxygen atoms in total. The third-order valence-corrected chi connectivity index (χ3v) is 4.15. The molecule has 0 radical (unpaired) electrons. The molecule has 1 aliphatic heterocycles. The van der Waals surface area contributed by atoms with Gasteiger partial charge in [0.2, 0.25) is 0 Å². The van der Waals surface area contributed by atoms with Crippen molar-refractivity contribution in [2.45, 2.75) is 19.3 Å². The molecule has 0 aliphatic carbocycles. The Kier molecular flexibility index (Phi) is 5.26. The van der Waals surface area contributed by atoms with Gasteiger partial charge in [0.25, 0.3) is 0 Å². The molecule has 1 aromatic rings. The summed E-state index contributed by atoms with van der Waals surface area (Å²) in [6.45, 7) is 3.10. The maximum absolute atomic E-state index is 11.1. The quantitative estimate of drug-likeness (QED) is 0.876. The number of anilines is 1. The molecule has 1 saturated heterocycles. The molecule has 1 aromatic carbocycles. The normalized spacial score (nSPS) is 17.1. The number of hydrogen-bond donors (Lipinski definition) is 2. The number of hydrogen-bond acceptors (Lipinski definition) is 3. The summed E-state index contributed by atoms with van der Waals surface area (Å²) in [4.78, 5) is 13.5. The van der Waals surface area contributed by atoms with Crippen molar-refractivity contribution < 1.29 is 9.90 Å². The Morgan fingerprint density at radius 2 is 2.15 bits per heavy atom. The zero-order chi connectivity index (χ0) is 14.5. The van der Waals surface area contributed by atoms with Crippen LogP contribution in [0, 0.1) is 5.92 Å². The van der Waals surface area contributed by atoms with E-state index in [-0.39, 0.29) is 5.56 Å². The second-order valence-electron chi connectivity index (χ2n) is 5.46. The summed E-state index contributed by atoms with van der Waals surface area (Å²) in [7, 11) is 2.15. The lowest BCUT2D eigenvalue weighted by molar-refractivity contribution is 0.0698. The summed E-state index contributed by atoms with van der Waals surface area (Å²) in [5.41, 5.74) is 0.885. The van der Waals surface area contributed by atoms with Crippen LogP contribution in [0.2, 0.25) is 5.02 Å². The zero-order valence-electron chi connectivity index (χ0n) is 11.7. The van der Waals surface area contributed by atoms with Gasteiger partial charge in [0.05, 0.1) is 11.3 Å². The van der Waals surface area contributed by atoms with Gasteiger partial charge >= 0.3 is 5.97 Å². The Hall–Kier alpha value is -1.26. The van der Waals surface area contributed by atoms with Crippen LogP contribution in [0.4, 0.5) is 5.69 Å². The molecule has 0 atom stereocenters. The van der Waals surface area contributed by atoms with Crippen LogP contribution in [0.5, 0.6) is 0 Å². The van der Waals surface area contributed by atoms with Gasteiger partial charge in [0.15, 0.2) is 0 Å². The number of benzene rings is 1. The first-order valence-corrected chi connectivity index (χ1v) is 7.39. The number of likely N-dealkylation sites (tertiary alicyclic amines) is 1. The molecule has 0 amide bonds. The molecule has 0 bridgehead atoms. The number of carboxylic acid groups (broad SMARTS) is 1. The Bertz CT molecular complexity index is 471. The first kappa shape index (κ1) is 15.1. The maximum Gasteiger partial charge on any atom is 0.337 e. The van der Waals surface area contributed by atoms with Crippen LogP contribution in [-0.2, 0) is 0 Å². The average molecular weight is 297 g/mol. The van der Waals surface area contributed by atoms with Gasteiger partial charge in [0, 0.05) is 11.6 Å². The van der Waals surface area contributed by atoms with E-state index in [1.807, 2.05) is 0 Å². The highest BCUT2D eigenvalue weighted by Crippen LogP contribution is 2.23. The number of carbonyl (C=O) groups is 1. The molecule has 0 saturated carbocycles. The van der Waals surface area contributed by atoms with Crippen molar-refractivity contribution >= 4 is 23.3 Å². The average Bonchev–Trinajstić information content (AvgIpc) is 2.41. The SMILES string of the molecule is CN1CCC(CCNc2cc(Cl)ccc2C(=O)O)CC1. The summed E-state index contributed by atoms with van der Waals surface area (Å²) in [6.07, 6.45) is 3.51. The number of piperidine rings is 1. The highest BCUT2D eigenvalue weighted by Gasteiger charge is 2.16. The summed E-state index contributed by atoms with van der Waals surface area (Å²) in [6, 6.07) is 4.83. The molecule has 1 heterocycles. The van der Waals surface area contributed by atoms with Crippen LogP contribution < -0.4 is 5.32 Å². The van der Waals surface area contributed by atoms with Gasteiger partial charge in [-0.15, -0.1) is 0 Å². The van der Waals surface area contributed by atoms with Crippen LogP contribution in [0.15, 0.2) is 18.2 Å². The van der Waals surface area contributed by atoms with Crippen LogP contribution >= 0.6 is 11.6 Å². The highest BCUT2D eigenvalue weighted by molar-refractivity contribution is 6.31. The van der Waals surface area contributed by atoms with E-state index < -0.39 is 5.97 Å². The van der Waals surface area contributed by atoms with Crippen molar-refractivity contribution in [2.75, 3.05) is 32.0 Å². The molecular weight excluding hydrogens is 276 g/mol. The number of rotatable bonds is 5. The van der Waals surface area contributed by atoms with Gasteiger partial charge < -0.3 is 15.3 Å². The lowest BCUT2D eigenvalue weighted by Gasteiger charge is -2.29. The van der Waals surface area contributed by atoms with Crippen LogP contribution in [-0.4, -0.2) is 42.7 Å². The minimum absolute atomic E-state index is 0.276. The van der Waals surface area contributed by atoms with Crippen LogP contribution in [0.1, 0.15) is 29.6 Å². The zero-order valence-corrected chi connectivity index (χ0v) is 12.5. The second kappa shape index (κ2) is 6.95. The smallest absolute Gasteiger partial charge is 0.337 e. The highest BCUT2D eigenvalue weighted by atomic mass is 35.5. The van der Waals surface area contributed by atoms with Crippen LogP contribution in [0.25, 0.3) is 0 Å². The van der Waals surface area contributed by atoms with Gasteiger partial charge in [-0.3, -0.25) is 0 Å². The summed E-state index contributed by atoms with van der Waals surface area (Å²) >= 11 is 5.93. The van der Waals surface area contributed by atoms with Crippen molar-refractivity contribution in [3.8, 4) is 0 Å². The monoisotopic (exact) mass is 296 g/mol. The van der Waals surface area contributed by atoms with Gasteiger partial charge in [0.1, 0.15) is 0 Å². The molecule has 0 spiro atoms. The van der Waals surface area contributed by atoms with E-state index >= 15 is 0 Å². The standard InChI is InChI=1S/C15H21ClN2O2/c1-18-8-5-11(6-9-18)4-7-17-14-10-12(16)2-3-13(14)15(19)20/h2-3,10-11,17H,4-9H2,1H3,(H,19,20). The van der Waals surface area contributed by atoms with E-state index in [4.69, 9.17) is 16.7 Å². The van der Waals surface area contributed by atoms with Crippen molar-refractivity contribution in [1.29, 1.82) is 0 Å². The van der Waals surface area contributed by atoms with Crippen LogP contribution in [0.3, 0.4) is 0 Å². The molecule has 20 heavy (non-hydrogen) atoms. The minimum Gasteiger partial charge on any atom is -0.478 e. The molecule has 0 unspecified atom stereocenters. The summed E-state index contributed by atoms with van der Waals surface area (Å²) in [5, 5.41) is 12.9. The third-order valence-electron chi connectivity index (χ3n) is 3.92. The summed E-state index contributed by atoms with van der Waals surface area (Å²) in [5.74, 6) is -0.199. The first-order chi connectivity index (χ1) is 9.56. The number of nitrogens with zero attached hydrogens (tertiary/aromatic N) is 1. The molecule has 110 valence electrons. The lowest BCUT2D eigenvalue weighted by Crippen LogP contribution is -2.30. The fraction of sp³-hybridized carbons (Fsp3) is 0.533.